The molecule has 0 radical (unpaired) electrons. The van der Waals surface area contributed by atoms with Gasteiger partial charge in [-0.2, -0.15) is 0 Å². The van der Waals surface area contributed by atoms with Gasteiger partial charge in [0.2, 0.25) is 5.91 Å². The number of benzene rings is 3. The minimum atomic E-state index is -0.563. The predicted octanol–water partition coefficient (Wildman–Crippen LogP) is 5.82. The maximum absolute atomic E-state index is 13.7. The molecule has 5 rings (SSSR count). The van der Waals surface area contributed by atoms with Crippen LogP contribution in [0.3, 0.4) is 0 Å². The first kappa shape index (κ1) is 17.2. The Bertz CT molecular complexity index is 1020. The van der Waals surface area contributed by atoms with Crippen LogP contribution >= 0.6 is 31.9 Å². The highest BCUT2D eigenvalue weighted by molar-refractivity contribution is 9.11. The molecule has 1 heterocycles. The predicted molar refractivity (Wildman–Crippen MR) is 115 cm³/mol. The van der Waals surface area contributed by atoms with Crippen molar-refractivity contribution in [2.45, 2.75) is 17.3 Å². The second-order valence-corrected chi connectivity index (χ2v) is 9.14. The Morgan fingerprint density at radius 3 is 1.96 bits per heavy atom. The summed E-state index contributed by atoms with van der Waals surface area (Å²) in [6.07, 6.45) is 0.785. The van der Waals surface area contributed by atoms with E-state index in [1.165, 1.54) is 11.1 Å². The van der Waals surface area contributed by atoms with Crippen molar-refractivity contribution in [3.8, 4) is 0 Å². The molecule has 0 bridgehead atoms. The van der Waals surface area contributed by atoms with Gasteiger partial charge >= 0.3 is 0 Å². The molecule has 3 aromatic carbocycles. The van der Waals surface area contributed by atoms with E-state index in [-0.39, 0.29) is 11.3 Å². The van der Waals surface area contributed by atoms with Gasteiger partial charge < -0.3 is 4.90 Å². The van der Waals surface area contributed by atoms with Gasteiger partial charge in [-0.25, -0.2) is 0 Å². The van der Waals surface area contributed by atoms with Gasteiger partial charge in [-0.1, -0.05) is 76.6 Å². The van der Waals surface area contributed by atoms with Crippen LogP contribution in [0.2, 0.25) is 0 Å². The summed E-state index contributed by atoms with van der Waals surface area (Å²) in [4.78, 5) is 15.5. The quantitative estimate of drug-likeness (QED) is 0.451. The number of nitrogens with zero attached hydrogens (tertiary/aromatic N) is 1. The molecule has 4 heteroatoms. The number of carbonyl (C=O) groups excluding carboxylic acids is 1. The van der Waals surface area contributed by atoms with E-state index in [4.69, 9.17) is 0 Å². The summed E-state index contributed by atoms with van der Waals surface area (Å²) < 4.78 is 1.93. The number of hydrogen-bond donors (Lipinski definition) is 0. The number of fused-ring (bicyclic) bond motifs is 2. The Kier molecular flexibility index (Phi) is 3.69. The van der Waals surface area contributed by atoms with Crippen molar-refractivity contribution < 1.29 is 4.79 Å². The molecule has 27 heavy (non-hydrogen) atoms. The highest BCUT2D eigenvalue weighted by atomic mass is 79.9. The molecule has 1 atom stereocenters. The van der Waals surface area contributed by atoms with Crippen LogP contribution in [0.4, 0.5) is 5.69 Å². The van der Waals surface area contributed by atoms with Crippen LogP contribution in [0, 0.1) is 0 Å². The first-order valence-corrected chi connectivity index (χ1v) is 10.5. The van der Waals surface area contributed by atoms with E-state index in [2.05, 4.69) is 86.5 Å². The average Bonchev–Trinajstić information content (AvgIpc) is 3.35. The van der Waals surface area contributed by atoms with E-state index in [0.717, 1.165) is 26.6 Å². The Labute approximate surface area is 175 Å². The zero-order valence-corrected chi connectivity index (χ0v) is 17.9. The van der Waals surface area contributed by atoms with Gasteiger partial charge in [0, 0.05) is 21.4 Å². The third-order valence-corrected chi connectivity index (χ3v) is 7.22. The number of hydrogen-bond acceptors (Lipinski definition) is 1. The molecule has 1 amide bonds. The Hall–Kier alpha value is -1.91. The third kappa shape index (κ3) is 2.08. The van der Waals surface area contributed by atoms with Gasteiger partial charge in [-0.05, 0) is 51.2 Å². The topological polar surface area (TPSA) is 20.3 Å². The van der Waals surface area contributed by atoms with E-state index in [1.54, 1.807) is 0 Å². The normalized spacial score (nSPS) is 22.2. The molecule has 3 aromatic rings. The number of carbonyl (C=O) groups is 1. The van der Waals surface area contributed by atoms with Crippen LogP contribution in [0.15, 0.2) is 81.7 Å². The molecule has 1 fully saturated rings. The monoisotopic (exact) mass is 481 g/mol. The van der Waals surface area contributed by atoms with Gasteiger partial charge in [0.05, 0.1) is 11.1 Å². The van der Waals surface area contributed by atoms with Crippen molar-refractivity contribution in [1.82, 2.24) is 0 Å². The summed E-state index contributed by atoms with van der Waals surface area (Å²) in [7, 11) is 1.88. The van der Waals surface area contributed by atoms with Gasteiger partial charge in [-0.3, -0.25) is 4.79 Å². The molecule has 1 aliphatic carbocycles. The third-order valence-electron chi connectivity index (χ3n) is 6.16. The molecule has 0 saturated heterocycles. The van der Waals surface area contributed by atoms with Crippen LogP contribution in [0.1, 0.15) is 23.1 Å². The smallest absolute Gasteiger partial charge is 0.238 e. The molecule has 134 valence electrons. The van der Waals surface area contributed by atoms with E-state index in [0.29, 0.717) is 0 Å². The molecule has 1 saturated carbocycles. The number of likely N-dealkylation sites (N-methyl/N-ethyl adjacent to an activating group) is 1. The van der Waals surface area contributed by atoms with Crippen molar-refractivity contribution in [2.24, 2.45) is 0 Å². The largest absolute Gasteiger partial charge is 0.313 e. The minimum Gasteiger partial charge on any atom is -0.313 e. The van der Waals surface area contributed by atoms with Gasteiger partial charge in [0.25, 0.3) is 0 Å². The summed E-state index contributed by atoms with van der Waals surface area (Å²) in [6, 6.07) is 25.0. The zero-order valence-electron chi connectivity index (χ0n) is 14.7. The van der Waals surface area contributed by atoms with Gasteiger partial charge in [0.15, 0.2) is 0 Å². The maximum atomic E-state index is 13.7. The van der Waals surface area contributed by atoms with Crippen molar-refractivity contribution in [3.05, 3.63) is 98.4 Å². The molecule has 2 aliphatic rings. The van der Waals surface area contributed by atoms with E-state index in [9.17, 15) is 4.79 Å². The Morgan fingerprint density at radius 2 is 1.41 bits per heavy atom. The maximum Gasteiger partial charge on any atom is 0.238 e. The second kappa shape index (κ2) is 5.79. The molecule has 0 N–H and O–H groups in total. The first-order chi connectivity index (χ1) is 13.0. The number of halogens is 2. The number of amides is 1. The highest BCUT2D eigenvalue weighted by Crippen LogP contribution is 2.73. The number of anilines is 1. The summed E-state index contributed by atoms with van der Waals surface area (Å²) >= 11 is 7.30. The molecular formula is C23H17Br2NO. The summed E-state index contributed by atoms with van der Waals surface area (Å²) in [5, 5.41) is 0. The standard InChI is InChI=1S/C23H17Br2NO/c1-26-20-18(12-17(24)13-19(20)25)23(21(26)27)14-22(23,15-8-4-2-5-9-15)16-10-6-3-7-11-16/h2-13H,14H2,1H3. The van der Waals surface area contributed by atoms with Gasteiger partial charge in [-0.15, -0.1) is 0 Å². The lowest BCUT2D eigenvalue weighted by atomic mass is 9.77. The lowest BCUT2D eigenvalue weighted by Gasteiger charge is -2.24. The van der Waals surface area contributed by atoms with Crippen LogP contribution in [0.25, 0.3) is 0 Å². The van der Waals surface area contributed by atoms with Crippen LogP contribution in [0.5, 0.6) is 0 Å². The summed E-state index contributed by atoms with van der Waals surface area (Å²) in [6.45, 7) is 0. The van der Waals surface area contributed by atoms with Crippen molar-refractivity contribution in [3.63, 3.8) is 0 Å². The highest BCUT2D eigenvalue weighted by Gasteiger charge is 2.77. The number of rotatable bonds is 2. The molecule has 1 spiro atoms. The second-order valence-electron chi connectivity index (χ2n) is 7.37. The van der Waals surface area contributed by atoms with E-state index < -0.39 is 5.41 Å². The zero-order chi connectivity index (χ0) is 18.8. The fourth-order valence-electron chi connectivity index (χ4n) is 4.98. The van der Waals surface area contributed by atoms with Gasteiger partial charge in [0.1, 0.15) is 0 Å². The van der Waals surface area contributed by atoms with Crippen LogP contribution in [-0.2, 0) is 15.6 Å². The van der Waals surface area contributed by atoms with E-state index in [1.807, 2.05) is 30.1 Å². The van der Waals surface area contributed by atoms with Crippen LogP contribution in [-0.4, -0.2) is 13.0 Å². The lowest BCUT2D eigenvalue weighted by Crippen LogP contribution is -2.34. The summed E-state index contributed by atoms with van der Waals surface area (Å²) in [5.74, 6) is 0.170. The molecule has 2 nitrogen and oxygen atoms in total. The van der Waals surface area contributed by atoms with Crippen molar-refractivity contribution in [2.75, 3.05) is 11.9 Å². The molecule has 1 aliphatic heterocycles. The van der Waals surface area contributed by atoms with Crippen LogP contribution < -0.4 is 4.90 Å². The molecular weight excluding hydrogens is 466 g/mol. The first-order valence-electron chi connectivity index (χ1n) is 8.91. The lowest BCUT2D eigenvalue weighted by molar-refractivity contribution is -0.120. The summed E-state index contributed by atoms with van der Waals surface area (Å²) in [5.41, 5.74) is 3.57. The fourth-order valence-corrected chi connectivity index (χ4v) is 6.47. The fraction of sp³-hybridized carbons (Fsp3) is 0.174. The Balaban J connectivity index is 1.83. The average molecular weight is 483 g/mol. The van der Waals surface area contributed by atoms with Crippen molar-refractivity contribution in [1.29, 1.82) is 0 Å². The Morgan fingerprint density at radius 1 is 0.852 bits per heavy atom. The minimum absolute atomic E-state index is 0.170. The van der Waals surface area contributed by atoms with Crippen molar-refractivity contribution >= 4 is 43.5 Å². The molecule has 0 aromatic heterocycles. The SMILES string of the molecule is CN1C(=O)C2(CC2(c2ccccc2)c2ccccc2)c2cc(Br)cc(Br)c21. The van der Waals surface area contributed by atoms with E-state index >= 15 is 0 Å². The molecule has 1 unspecified atom stereocenters.